The lowest BCUT2D eigenvalue weighted by molar-refractivity contribution is -0.141. The highest BCUT2D eigenvalue weighted by Crippen LogP contribution is 2.18. The molecule has 1 rings (SSSR count). The van der Waals surface area contributed by atoms with E-state index >= 15 is 0 Å². The summed E-state index contributed by atoms with van der Waals surface area (Å²) in [6.45, 7) is 4.64. The molecular weight excluding hydrogens is 272 g/mol. The van der Waals surface area contributed by atoms with Crippen molar-refractivity contribution in [3.63, 3.8) is 0 Å². The summed E-state index contributed by atoms with van der Waals surface area (Å²) in [7, 11) is 1.53. The second kappa shape index (κ2) is 8.39. The highest BCUT2D eigenvalue weighted by molar-refractivity contribution is 5.94. The molecule has 0 spiro atoms. The van der Waals surface area contributed by atoms with E-state index in [9.17, 15) is 9.59 Å². The van der Waals surface area contributed by atoms with Crippen LogP contribution in [0.1, 0.15) is 17.5 Å². The van der Waals surface area contributed by atoms with E-state index in [-0.39, 0.29) is 12.3 Å². The maximum Gasteiger partial charge on any atom is 0.321 e. The Hall–Kier alpha value is -1.92. The van der Waals surface area contributed by atoms with Crippen LogP contribution >= 0.6 is 0 Å². The third-order valence-electron chi connectivity index (χ3n) is 3.26. The van der Waals surface area contributed by atoms with E-state index in [1.807, 2.05) is 26.0 Å². The number of methoxy groups -OCH3 is 1. The predicted octanol–water partition coefficient (Wildman–Crippen LogP) is 1.32. The molecule has 0 aliphatic heterocycles. The van der Waals surface area contributed by atoms with Crippen molar-refractivity contribution in [1.82, 2.24) is 5.32 Å². The molecule has 1 amide bonds. The second-order valence-electron chi connectivity index (χ2n) is 4.84. The van der Waals surface area contributed by atoms with Crippen molar-refractivity contribution in [2.75, 3.05) is 25.6 Å². The molecule has 1 aromatic rings. The first kappa shape index (κ1) is 17.1. The van der Waals surface area contributed by atoms with Gasteiger partial charge in [0.05, 0.1) is 13.0 Å². The standard InChI is InChI=1S/C15H22N2O4/c1-10-5-4-6-12(11(10)2)17-14(18)9-13(15(19)20)16-7-8-21-3/h4-6,13,16H,7-9H2,1-3H3,(H,17,18)(H,19,20). The summed E-state index contributed by atoms with van der Waals surface area (Å²) in [6, 6.07) is 4.68. The van der Waals surface area contributed by atoms with Crippen LogP contribution in [0.4, 0.5) is 5.69 Å². The first-order valence-electron chi connectivity index (χ1n) is 6.77. The van der Waals surface area contributed by atoms with Crippen LogP contribution in [0.3, 0.4) is 0 Å². The summed E-state index contributed by atoms with van der Waals surface area (Å²) in [5.74, 6) is -1.39. The topological polar surface area (TPSA) is 87.7 Å². The number of nitrogens with one attached hydrogen (secondary N) is 2. The first-order chi connectivity index (χ1) is 9.95. The van der Waals surface area contributed by atoms with Crippen molar-refractivity contribution in [2.24, 2.45) is 0 Å². The van der Waals surface area contributed by atoms with Gasteiger partial charge in [-0.3, -0.25) is 9.59 Å². The molecule has 0 saturated carbocycles. The molecule has 1 atom stereocenters. The zero-order valence-electron chi connectivity index (χ0n) is 12.6. The summed E-state index contributed by atoms with van der Waals surface area (Å²) in [5.41, 5.74) is 2.76. The fourth-order valence-electron chi connectivity index (χ4n) is 1.86. The third-order valence-corrected chi connectivity index (χ3v) is 3.26. The van der Waals surface area contributed by atoms with Gasteiger partial charge in [0, 0.05) is 19.3 Å². The van der Waals surface area contributed by atoms with Crippen LogP contribution in [0, 0.1) is 13.8 Å². The molecule has 0 radical (unpaired) electrons. The minimum atomic E-state index is -1.05. The number of carboxylic acid groups (broad SMARTS) is 1. The Bertz CT molecular complexity index is 502. The van der Waals surface area contributed by atoms with Gasteiger partial charge in [0.1, 0.15) is 6.04 Å². The van der Waals surface area contributed by atoms with Gasteiger partial charge in [0.25, 0.3) is 0 Å². The van der Waals surface area contributed by atoms with Gasteiger partial charge in [-0.2, -0.15) is 0 Å². The largest absolute Gasteiger partial charge is 0.480 e. The average Bonchev–Trinajstić information content (AvgIpc) is 2.43. The van der Waals surface area contributed by atoms with Crippen molar-refractivity contribution in [1.29, 1.82) is 0 Å². The molecule has 116 valence electrons. The fraction of sp³-hybridized carbons (Fsp3) is 0.467. The number of carboxylic acids is 1. The Morgan fingerprint density at radius 1 is 1.33 bits per heavy atom. The number of ether oxygens (including phenoxy) is 1. The number of aryl methyl sites for hydroxylation is 1. The van der Waals surface area contributed by atoms with Gasteiger partial charge in [-0.25, -0.2) is 0 Å². The Labute approximate surface area is 124 Å². The summed E-state index contributed by atoms with van der Waals surface area (Å²) in [5, 5.41) is 14.6. The van der Waals surface area contributed by atoms with Crippen LogP contribution in [0.25, 0.3) is 0 Å². The summed E-state index contributed by atoms with van der Waals surface area (Å²) in [6.07, 6.45) is -0.133. The normalized spacial score (nSPS) is 12.0. The lowest BCUT2D eigenvalue weighted by atomic mass is 10.1. The summed E-state index contributed by atoms with van der Waals surface area (Å²) >= 11 is 0. The smallest absolute Gasteiger partial charge is 0.321 e. The van der Waals surface area contributed by atoms with Crippen molar-refractivity contribution in [2.45, 2.75) is 26.3 Å². The van der Waals surface area contributed by atoms with Crippen LogP contribution in [0.15, 0.2) is 18.2 Å². The molecule has 0 aromatic heterocycles. The minimum Gasteiger partial charge on any atom is -0.480 e. The van der Waals surface area contributed by atoms with Gasteiger partial charge in [0.2, 0.25) is 5.91 Å². The Kier molecular flexibility index (Phi) is 6.84. The number of anilines is 1. The molecule has 0 bridgehead atoms. The van der Waals surface area contributed by atoms with Gasteiger partial charge in [-0.05, 0) is 31.0 Å². The van der Waals surface area contributed by atoms with Gasteiger partial charge >= 0.3 is 5.97 Å². The highest BCUT2D eigenvalue weighted by atomic mass is 16.5. The zero-order valence-corrected chi connectivity index (χ0v) is 12.6. The molecule has 1 aromatic carbocycles. The molecule has 3 N–H and O–H groups in total. The number of carbonyl (C=O) groups excluding carboxylic acids is 1. The molecule has 0 saturated heterocycles. The molecule has 6 nitrogen and oxygen atoms in total. The van der Waals surface area contributed by atoms with Crippen molar-refractivity contribution < 1.29 is 19.4 Å². The molecule has 6 heteroatoms. The number of rotatable bonds is 8. The van der Waals surface area contributed by atoms with Crippen LogP contribution in [-0.2, 0) is 14.3 Å². The molecule has 0 heterocycles. The summed E-state index contributed by atoms with van der Waals surface area (Å²) < 4.78 is 4.85. The molecule has 0 fully saturated rings. The monoisotopic (exact) mass is 294 g/mol. The van der Waals surface area contributed by atoms with Gasteiger partial charge < -0.3 is 20.5 Å². The van der Waals surface area contributed by atoms with Gasteiger partial charge in [-0.15, -0.1) is 0 Å². The van der Waals surface area contributed by atoms with Crippen LogP contribution < -0.4 is 10.6 Å². The maximum atomic E-state index is 12.0. The Balaban J connectivity index is 2.61. The van der Waals surface area contributed by atoms with E-state index in [0.29, 0.717) is 18.8 Å². The maximum absolute atomic E-state index is 12.0. The second-order valence-corrected chi connectivity index (χ2v) is 4.84. The van der Waals surface area contributed by atoms with E-state index < -0.39 is 12.0 Å². The van der Waals surface area contributed by atoms with Crippen LogP contribution in [-0.4, -0.2) is 43.3 Å². The molecular formula is C15H22N2O4. The molecule has 0 aliphatic rings. The Morgan fingerprint density at radius 3 is 2.67 bits per heavy atom. The van der Waals surface area contributed by atoms with E-state index in [0.717, 1.165) is 11.1 Å². The fourth-order valence-corrected chi connectivity index (χ4v) is 1.86. The predicted molar refractivity (Wildman–Crippen MR) is 80.5 cm³/mol. The third kappa shape index (κ3) is 5.53. The molecule has 0 aliphatic carbocycles. The number of amides is 1. The van der Waals surface area contributed by atoms with Gasteiger partial charge in [-0.1, -0.05) is 12.1 Å². The molecule has 21 heavy (non-hydrogen) atoms. The quantitative estimate of drug-likeness (QED) is 0.629. The SMILES string of the molecule is COCCNC(CC(=O)Nc1cccc(C)c1C)C(=O)O. The van der Waals surface area contributed by atoms with E-state index in [4.69, 9.17) is 9.84 Å². The number of carbonyl (C=O) groups is 2. The van der Waals surface area contributed by atoms with Gasteiger partial charge in [0.15, 0.2) is 0 Å². The van der Waals surface area contributed by atoms with Crippen LogP contribution in [0.5, 0.6) is 0 Å². The highest BCUT2D eigenvalue weighted by Gasteiger charge is 2.20. The molecule has 1 unspecified atom stereocenters. The summed E-state index contributed by atoms with van der Waals surface area (Å²) in [4.78, 5) is 23.1. The average molecular weight is 294 g/mol. The number of hydrogen-bond donors (Lipinski definition) is 3. The zero-order chi connectivity index (χ0) is 15.8. The van der Waals surface area contributed by atoms with Crippen molar-refractivity contribution in [3.8, 4) is 0 Å². The number of hydrogen-bond acceptors (Lipinski definition) is 4. The lowest BCUT2D eigenvalue weighted by Crippen LogP contribution is -2.41. The van der Waals surface area contributed by atoms with E-state index in [2.05, 4.69) is 10.6 Å². The number of benzene rings is 1. The van der Waals surface area contributed by atoms with E-state index in [1.54, 1.807) is 6.07 Å². The van der Waals surface area contributed by atoms with Crippen molar-refractivity contribution in [3.05, 3.63) is 29.3 Å². The van der Waals surface area contributed by atoms with Crippen LogP contribution in [0.2, 0.25) is 0 Å². The minimum absolute atomic E-state index is 0.133. The first-order valence-corrected chi connectivity index (χ1v) is 6.77. The van der Waals surface area contributed by atoms with Crippen molar-refractivity contribution >= 4 is 17.6 Å². The Morgan fingerprint density at radius 2 is 2.05 bits per heavy atom. The number of aliphatic carboxylic acids is 1. The lowest BCUT2D eigenvalue weighted by Gasteiger charge is -2.15. The van der Waals surface area contributed by atoms with E-state index in [1.165, 1.54) is 7.11 Å².